The van der Waals surface area contributed by atoms with E-state index >= 15 is 0 Å². The first-order chi connectivity index (χ1) is 13.0. The van der Waals surface area contributed by atoms with Crippen molar-refractivity contribution in [3.8, 4) is 5.69 Å². The zero-order valence-corrected chi connectivity index (χ0v) is 16.3. The van der Waals surface area contributed by atoms with E-state index in [9.17, 15) is 4.79 Å². The Morgan fingerprint density at radius 1 is 1.19 bits per heavy atom. The number of fused-ring (bicyclic) bond motifs is 1. The van der Waals surface area contributed by atoms with Crippen molar-refractivity contribution in [1.29, 1.82) is 0 Å². The molecule has 1 aromatic heterocycles. The van der Waals surface area contributed by atoms with Crippen LogP contribution >= 0.6 is 11.8 Å². The van der Waals surface area contributed by atoms with Gasteiger partial charge in [-0.2, -0.15) is 4.68 Å². The van der Waals surface area contributed by atoms with Crippen molar-refractivity contribution in [2.45, 2.75) is 43.6 Å². The number of anilines is 1. The Morgan fingerprint density at radius 3 is 2.70 bits per heavy atom. The van der Waals surface area contributed by atoms with Gasteiger partial charge in [-0.05, 0) is 61.4 Å². The lowest BCUT2D eigenvalue weighted by molar-refractivity contribution is -0.118. The van der Waals surface area contributed by atoms with Crippen molar-refractivity contribution in [2.24, 2.45) is 0 Å². The van der Waals surface area contributed by atoms with Gasteiger partial charge in [0.25, 0.3) is 0 Å². The van der Waals surface area contributed by atoms with Crippen molar-refractivity contribution < 1.29 is 4.79 Å². The average molecular weight is 379 g/mol. The van der Waals surface area contributed by atoms with Crippen LogP contribution < -0.4 is 4.90 Å². The molecule has 1 amide bonds. The van der Waals surface area contributed by atoms with Crippen LogP contribution in [0.25, 0.3) is 5.69 Å². The maximum atomic E-state index is 13.2. The van der Waals surface area contributed by atoms with Gasteiger partial charge < -0.3 is 4.90 Å². The summed E-state index contributed by atoms with van der Waals surface area (Å²) in [4.78, 5) is 15.1. The summed E-state index contributed by atoms with van der Waals surface area (Å²) in [5.74, 6) is 0.0795. The average Bonchev–Trinajstić information content (AvgIpc) is 3.25. The first-order valence-corrected chi connectivity index (χ1v) is 9.85. The Hall–Kier alpha value is -2.67. The van der Waals surface area contributed by atoms with Gasteiger partial charge in [0.2, 0.25) is 11.1 Å². The molecule has 0 aliphatic carbocycles. The van der Waals surface area contributed by atoms with Crippen LogP contribution in [0.4, 0.5) is 5.69 Å². The second-order valence-electron chi connectivity index (χ2n) is 6.86. The lowest BCUT2D eigenvalue weighted by Gasteiger charge is -2.25. The van der Waals surface area contributed by atoms with Gasteiger partial charge in [-0.1, -0.05) is 47.7 Å². The van der Waals surface area contributed by atoms with Gasteiger partial charge in [0.1, 0.15) is 0 Å². The van der Waals surface area contributed by atoms with Crippen LogP contribution in [0, 0.1) is 6.92 Å². The van der Waals surface area contributed by atoms with Crippen LogP contribution in [0.2, 0.25) is 0 Å². The third kappa shape index (κ3) is 3.35. The number of aromatic nitrogens is 4. The van der Waals surface area contributed by atoms with E-state index in [1.807, 2.05) is 61.2 Å². The van der Waals surface area contributed by atoms with Gasteiger partial charge in [0, 0.05) is 11.7 Å². The first-order valence-electron chi connectivity index (χ1n) is 8.97. The second-order valence-corrected chi connectivity index (χ2v) is 8.17. The number of carbonyl (C=O) groups is 1. The molecule has 2 aromatic carbocycles. The first kappa shape index (κ1) is 17.7. The van der Waals surface area contributed by atoms with E-state index in [-0.39, 0.29) is 17.2 Å². The Balaban J connectivity index is 1.55. The molecule has 0 bridgehead atoms. The zero-order valence-electron chi connectivity index (χ0n) is 15.5. The normalized spacial score (nSPS) is 17.0. The molecule has 0 fully saturated rings. The fraction of sp³-hybridized carbons (Fsp3) is 0.300. The number of carbonyl (C=O) groups excluding carboxylic acids is 1. The summed E-state index contributed by atoms with van der Waals surface area (Å²) in [6, 6.07) is 16.2. The standard InChI is InChI=1S/C20H21N5OS/c1-13-8-10-17(11-9-13)25-20(21-22-23-25)27-15(3)19(26)24-14(2)12-16-6-4-5-7-18(16)24/h4-11,14-15H,12H2,1-3H3/t14-,15-/m1/s1. The van der Waals surface area contributed by atoms with Crippen LogP contribution in [-0.4, -0.2) is 37.4 Å². The largest absolute Gasteiger partial charge is 0.308 e. The fourth-order valence-electron chi connectivity index (χ4n) is 3.41. The number of rotatable bonds is 4. The minimum atomic E-state index is -0.297. The number of amides is 1. The van der Waals surface area contributed by atoms with E-state index in [0.717, 1.165) is 17.8 Å². The number of hydrogen-bond donors (Lipinski definition) is 0. The van der Waals surface area contributed by atoms with Crippen LogP contribution in [0.1, 0.15) is 25.0 Å². The van der Waals surface area contributed by atoms with E-state index in [0.29, 0.717) is 5.16 Å². The van der Waals surface area contributed by atoms with E-state index in [4.69, 9.17) is 0 Å². The highest BCUT2D eigenvalue weighted by atomic mass is 32.2. The third-order valence-corrected chi connectivity index (χ3v) is 5.81. The summed E-state index contributed by atoms with van der Waals surface area (Å²) in [5.41, 5.74) is 4.29. The lowest BCUT2D eigenvalue weighted by Crippen LogP contribution is -2.40. The molecule has 27 heavy (non-hydrogen) atoms. The van der Waals surface area contributed by atoms with Crippen molar-refractivity contribution in [3.05, 3.63) is 59.7 Å². The summed E-state index contributed by atoms with van der Waals surface area (Å²) >= 11 is 1.38. The van der Waals surface area contributed by atoms with Crippen LogP contribution in [0.3, 0.4) is 0 Å². The molecule has 0 unspecified atom stereocenters. The highest BCUT2D eigenvalue weighted by Crippen LogP contribution is 2.34. The topological polar surface area (TPSA) is 63.9 Å². The SMILES string of the molecule is Cc1ccc(-n2nnnc2S[C@H](C)C(=O)N2c3ccccc3C[C@H]2C)cc1. The highest BCUT2D eigenvalue weighted by Gasteiger charge is 2.34. The van der Waals surface area contributed by atoms with Crippen molar-refractivity contribution in [2.75, 3.05) is 4.90 Å². The molecule has 7 heteroatoms. The quantitative estimate of drug-likeness (QED) is 0.650. The number of benzene rings is 2. The Labute approximate surface area is 162 Å². The molecule has 3 aromatic rings. The molecule has 0 saturated carbocycles. The van der Waals surface area contributed by atoms with Crippen molar-refractivity contribution >= 4 is 23.4 Å². The van der Waals surface area contributed by atoms with Gasteiger partial charge in [0.15, 0.2) is 0 Å². The molecule has 2 atom stereocenters. The minimum Gasteiger partial charge on any atom is -0.308 e. The summed E-state index contributed by atoms with van der Waals surface area (Å²) in [6.07, 6.45) is 0.889. The second kappa shape index (κ2) is 7.15. The summed E-state index contributed by atoms with van der Waals surface area (Å²) in [6.45, 7) is 6.04. The Kier molecular flexibility index (Phi) is 4.70. The minimum absolute atomic E-state index is 0.0795. The molecule has 6 nitrogen and oxygen atoms in total. The molecular formula is C20H21N5OS. The molecule has 1 aliphatic heterocycles. The maximum Gasteiger partial charge on any atom is 0.240 e. The molecule has 0 N–H and O–H groups in total. The highest BCUT2D eigenvalue weighted by molar-refractivity contribution is 8.00. The molecule has 0 radical (unpaired) electrons. The molecule has 1 aliphatic rings. The Bertz CT molecular complexity index is 969. The van der Waals surface area contributed by atoms with E-state index in [2.05, 4.69) is 28.5 Å². The van der Waals surface area contributed by atoms with E-state index in [1.165, 1.54) is 22.9 Å². The number of para-hydroxylation sites is 1. The third-order valence-electron chi connectivity index (χ3n) is 4.79. The predicted octanol–water partition coefficient (Wildman–Crippen LogP) is 3.43. The molecule has 0 saturated heterocycles. The van der Waals surface area contributed by atoms with Gasteiger partial charge in [-0.15, -0.1) is 5.10 Å². The Morgan fingerprint density at radius 2 is 1.93 bits per heavy atom. The van der Waals surface area contributed by atoms with Crippen molar-refractivity contribution in [3.63, 3.8) is 0 Å². The zero-order chi connectivity index (χ0) is 19.0. The molecular weight excluding hydrogens is 358 g/mol. The van der Waals surface area contributed by atoms with E-state index < -0.39 is 0 Å². The molecule has 138 valence electrons. The maximum absolute atomic E-state index is 13.2. The molecule has 2 heterocycles. The number of aryl methyl sites for hydroxylation is 1. The predicted molar refractivity (Wildman–Crippen MR) is 106 cm³/mol. The number of hydrogen-bond acceptors (Lipinski definition) is 5. The monoisotopic (exact) mass is 379 g/mol. The molecule has 0 spiro atoms. The van der Waals surface area contributed by atoms with Crippen molar-refractivity contribution in [1.82, 2.24) is 20.2 Å². The lowest BCUT2D eigenvalue weighted by atomic mass is 10.1. The summed E-state index contributed by atoms with van der Waals surface area (Å²) in [7, 11) is 0. The van der Waals surface area contributed by atoms with Crippen LogP contribution in [-0.2, 0) is 11.2 Å². The van der Waals surface area contributed by atoms with Crippen LogP contribution in [0.15, 0.2) is 53.7 Å². The molecule has 4 rings (SSSR count). The van der Waals surface area contributed by atoms with Gasteiger partial charge >= 0.3 is 0 Å². The van der Waals surface area contributed by atoms with Gasteiger partial charge in [0.05, 0.1) is 10.9 Å². The fourth-order valence-corrected chi connectivity index (χ4v) is 4.26. The number of nitrogens with zero attached hydrogens (tertiary/aromatic N) is 5. The van der Waals surface area contributed by atoms with Crippen LogP contribution in [0.5, 0.6) is 0 Å². The van der Waals surface area contributed by atoms with Gasteiger partial charge in [-0.25, -0.2) is 0 Å². The van der Waals surface area contributed by atoms with E-state index in [1.54, 1.807) is 4.68 Å². The van der Waals surface area contributed by atoms with Gasteiger partial charge in [-0.3, -0.25) is 4.79 Å². The summed E-state index contributed by atoms with van der Waals surface area (Å²) in [5, 5.41) is 12.3. The number of thioether (sulfide) groups is 1. The smallest absolute Gasteiger partial charge is 0.240 e. The summed E-state index contributed by atoms with van der Waals surface area (Å²) < 4.78 is 1.68. The number of tetrazole rings is 1.